The van der Waals surface area contributed by atoms with E-state index in [-0.39, 0.29) is 30.3 Å². The van der Waals surface area contributed by atoms with E-state index in [1.54, 1.807) is 18.2 Å². The fraction of sp³-hybridized carbons (Fsp3) is 0.250. The van der Waals surface area contributed by atoms with Crippen LogP contribution in [-0.4, -0.2) is 43.6 Å². The van der Waals surface area contributed by atoms with Crippen molar-refractivity contribution in [3.8, 4) is 11.3 Å². The number of primary amides is 1. The number of carbonyl (C=O) groups is 1. The normalized spacial score (nSPS) is 17.2. The maximum atomic E-state index is 13.5. The number of carbonyl (C=O) groups excluding carboxylic acids is 1. The Balaban J connectivity index is 1.41. The van der Waals surface area contributed by atoms with Crippen LogP contribution in [0, 0.1) is 5.82 Å². The fourth-order valence-electron chi connectivity index (χ4n) is 5.33. The molecular weight excluding hydrogens is 522 g/mol. The van der Waals surface area contributed by atoms with Gasteiger partial charge in [0.15, 0.2) is 0 Å². The zero-order chi connectivity index (χ0) is 27.5. The molecule has 0 bridgehead atoms. The number of furan rings is 1. The highest BCUT2D eigenvalue weighted by Gasteiger charge is 2.37. The number of sulfonamides is 1. The summed E-state index contributed by atoms with van der Waals surface area (Å²) >= 11 is 0. The minimum absolute atomic E-state index is 0.0145. The lowest BCUT2D eigenvalue weighted by Gasteiger charge is -2.25. The summed E-state index contributed by atoms with van der Waals surface area (Å²) in [6, 6.07) is 16.4. The molecule has 1 aromatic heterocycles. The molecule has 4 aromatic rings. The minimum Gasteiger partial charge on any atom is -0.455 e. The van der Waals surface area contributed by atoms with E-state index in [1.165, 1.54) is 28.6 Å². The van der Waals surface area contributed by atoms with Crippen LogP contribution in [0.3, 0.4) is 0 Å². The van der Waals surface area contributed by atoms with E-state index in [1.807, 2.05) is 18.2 Å². The third kappa shape index (κ3) is 4.87. The number of nitrogens with zero attached hydrogens (tertiary/aromatic N) is 1. The van der Waals surface area contributed by atoms with Gasteiger partial charge in [-0.25, -0.2) is 12.8 Å². The van der Waals surface area contributed by atoms with Gasteiger partial charge in [-0.2, -0.15) is 4.31 Å². The van der Waals surface area contributed by atoms with E-state index in [2.05, 4.69) is 0 Å². The van der Waals surface area contributed by atoms with Gasteiger partial charge in [0.25, 0.3) is 5.91 Å². The third-order valence-corrected chi connectivity index (χ3v) is 8.62. The lowest BCUT2D eigenvalue weighted by Crippen LogP contribution is -2.34. The molecule has 0 spiro atoms. The zero-order valence-electron chi connectivity index (χ0n) is 21.1. The molecule has 3 N–H and O–H groups in total. The Morgan fingerprint density at radius 1 is 1.13 bits per heavy atom. The molecule has 1 aliphatic carbocycles. The summed E-state index contributed by atoms with van der Waals surface area (Å²) in [6.07, 6.45) is 2.40. The second kappa shape index (κ2) is 9.60. The van der Waals surface area contributed by atoms with Gasteiger partial charge in [0.2, 0.25) is 10.0 Å². The van der Waals surface area contributed by atoms with Gasteiger partial charge >= 0.3 is 7.12 Å². The maximum absolute atomic E-state index is 13.5. The molecule has 1 saturated carbocycles. The predicted octanol–water partition coefficient (Wildman–Crippen LogP) is 3.44. The molecule has 3 aromatic carbocycles. The highest BCUT2D eigenvalue weighted by molar-refractivity contribution is 7.88. The Kier molecular flexibility index (Phi) is 6.34. The van der Waals surface area contributed by atoms with Crippen molar-refractivity contribution in [1.82, 2.24) is 4.31 Å². The first kappa shape index (κ1) is 25.8. The molecule has 200 valence electrons. The van der Waals surface area contributed by atoms with Crippen molar-refractivity contribution in [2.45, 2.75) is 31.4 Å². The van der Waals surface area contributed by atoms with Gasteiger partial charge < -0.3 is 19.8 Å². The summed E-state index contributed by atoms with van der Waals surface area (Å²) < 4.78 is 52.5. The standard InChI is InChI=1S/C28H26BFN2O6S/c1-39(35,36)32(15-25-20-4-2-3-5-23(20)29(34)38-25)14-18-12-24-22(13-21(18)16-6-7-16)26(28(31)33)27(37-24)17-8-10-19(30)11-9-17/h2-5,8-13,16,25,34H,6-7,14-15H2,1H3,(H2,31,33). The van der Waals surface area contributed by atoms with Crippen molar-refractivity contribution in [2.24, 2.45) is 5.73 Å². The summed E-state index contributed by atoms with van der Waals surface area (Å²) in [5.74, 6) is -0.630. The zero-order valence-corrected chi connectivity index (χ0v) is 21.9. The van der Waals surface area contributed by atoms with Crippen LogP contribution in [0.25, 0.3) is 22.3 Å². The van der Waals surface area contributed by atoms with Crippen molar-refractivity contribution < 1.29 is 31.7 Å². The average molecular weight is 548 g/mol. The van der Waals surface area contributed by atoms with Crippen LogP contribution in [0.2, 0.25) is 0 Å². The molecule has 0 radical (unpaired) electrons. The van der Waals surface area contributed by atoms with Crippen LogP contribution in [0.15, 0.2) is 65.1 Å². The molecule has 8 nitrogen and oxygen atoms in total. The lowest BCUT2D eigenvalue weighted by atomic mass is 9.79. The molecular formula is C28H26BFN2O6S. The van der Waals surface area contributed by atoms with Crippen molar-refractivity contribution in [1.29, 1.82) is 0 Å². The monoisotopic (exact) mass is 548 g/mol. The molecule has 1 aliphatic heterocycles. The van der Waals surface area contributed by atoms with E-state index < -0.39 is 35.0 Å². The van der Waals surface area contributed by atoms with E-state index in [0.29, 0.717) is 22.0 Å². The van der Waals surface area contributed by atoms with Gasteiger partial charge in [-0.3, -0.25) is 4.79 Å². The number of nitrogens with two attached hydrogens (primary N) is 1. The Morgan fingerprint density at radius 2 is 1.85 bits per heavy atom. The van der Waals surface area contributed by atoms with Gasteiger partial charge in [0.1, 0.15) is 17.2 Å². The number of benzene rings is 3. The topological polar surface area (TPSA) is 123 Å². The van der Waals surface area contributed by atoms with E-state index in [0.717, 1.165) is 35.8 Å². The van der Waals surface area contributed by atoms with Crippen LogP contribution in [0.1, 0.15) is 51.9 Å². The smallest absolute Gasteiger partial charge is 0.455 e. The number of rotatable bonds is 8. The summed E-state index contributed by atoms with van der Waals surface area (Å²) in [5, 5.41) is 10.9. The first-order valence-corrected chi connectivity index (χ1v) is 14.5. The van der Waals surface area contributed by atoms with Crippen LogP contribution >= 0.6 is 0 Å². The summed E-state index contributed by atoms with van der Waals surface area (Å²) in [5.41, 5.74) is 9.90. The first-order valence-electron chi connectivity index (χ1n) is 12.6. The van der Waals surface area contributed by atoms with Gasteiger partial charge in [-0.15, -0.1) is 0 Å². The molecule has 1 amide bonds. The Hall–Kier alpha value is -3.51. The third-order valence-electron chi connectivity index (χ3n) is 7.41. The van der Waals surface area contributed by atoms with Crippen molar-refractivity contribution >= 4 is 39.5 Å². The summed E-state index contributed by atoms with van der Waals surface area (Å²) in [7, 11) is -4.80. The molecule has 6 rings (SSSR count). The van der Waals surface area contributed by atoms with Crippen LogP contribution in [0.4, 0.5) is 4.39 Å². The minimum atomic E-state index is -3.68. The van der Waals surface area contributed by atoms with Crippen molar-refractivity contribution in [3.63, 3.8) is 0 Å². The Morgan fingerprint density at radius 3 is 2.51 bits per heavy atom. The van der Waals surface area contributed by atoms with E-state index in [9.17, 15) is 22.6 Å². The molecule has 2 aliphatic rings. The molecule has 1 unspecified atom stereocenters. The van der Waals surface area contributed by atoms with Crippen LogP contribution in [0.5, 0.6) is 0 Å². The quantitative estimate of drug-likeness (QED) is 0.326. The van der Waals surface area contributed by atoms with Gasteiger partial charge in [0.05, 0.1) is 17.9 Å². The second-order valence-corrected chi connectivity index (χ2v) is 12.1. The summed E-state index contributed by atoms with van der Waals surface area (Å²) in [4.78, 5) is 12.5. The van der Waals surface area contributed by atoms with Gasteiger partial charge in [0, 0.05) is 24.0 Å². The Bertz CT molecular complexity index is 1700. The number of hydrogen-bond donors (Lipinski definition) is 2. The Labute approximate surface area is 225 Å². The number of halogens is 1. The van der Waals surface area contributed by atoms with Crippen molar-refractivity contribution in [2.75, 3.05) is 12.8 Å². The second-order valence-electron chi connectivity index (χ2n) is 10.2. The SMILES string of the molecule is CS(=O)(=O)N(Cc1cc2oc(-c3ccc(F)cc3)c(C(N)=O)c2cc1C1CC1)CC1OB(O)c2ccccc21. The van der Waals surface area contributed by atoms with Crippen molar-refractivity contribution in [3.05, 3.63) is 88.7 Å². The van der Waals surface area contributed by atoms with Gasteiger partial charge in [-0.1, -0.05) is 24.3 Å². The average Bonchev–Trinajstić information content (AvgIpc) is 3.59. The highest BCUT2D eigenvalue weighted by atomic mass is 32.2. The van der Waals surface area contributed by atoms with E-state index >= 15 is 0 Å². The van der Waals surface area contributed by atoms with Gasteiger partial charge in [-0.05, 0) is 77.3 Å². The first-order chi connectivity index (χ1) is 18.6. The molecule has 11 heteroatoms. The molecule has 1 fully saturated rings. The molecule has 2 heterocycles. The largest absolute Gasteiger partial charge is 0.492 e. The number of amides is 1. The molecule has 1 atom stereocenters. The number of hydrogen-bond acceptors (Lipinski definition) is 6. The highest BCUT2D eigenvalue weighted by Crippen LogP contribution is 2.45. The fourth-order valence-corrected chi connectivity index (χ4v) is 6.11. The lowest BCUT2D eigenvalue weighted by molar-refractivity contribution is 0.100. The summed E-state index contributed by atoms with van der Waals surface area (Å²) in [6.45, 7) is 0.0672. The predicted molar refractivity (Wildman–Crippen MR) is 145 cm³/mol. The van der Waals surface area contributed by atoms with E-state index in [4.69, 9.17) is 14.8 Å². The molecule has 0 saturated heterocycles. The maximum Gasteiger partial charge on any atom is 0.492 e. The molecule has 39 heavy (non-hydrogen) atoms. The van der Waals surface area contributed by atoms with Crippen LogP contribution in [-0.2, 0) is 21.2 Å². The number of fused-ring (bicyclic) bond motifs is 2. The van der Waals surface area contributed by atoms with Crippen LogP contribution < -0.4 is 11.2 Å².